The van der Waals surface area contributed by atoms with Crippen LogP contribution in [-0.4, -0.2) is 33.2 Å². The first-order valence-corrected chi connectivity index (χ1v) is 9.53. The zero-order valence-electron chi connectivity index (χ0n) is 16.5. The molecule has 0 atom stereocenters. The number of rotatable bonds is 10. The number of halogens is 1. The van der Waals surface area contributed by atoms with Gasteiger partial charge in [0.1, 0.15) is 11.6 Å². The van der Waals surface area contributed by atoms with Crippen molar-refractivity contribution in [2.75, 3.05) is 27.3 Å². The molecule has 29 heavy (non-hydrogen) atoms. The number of nitriles is 1. The molecule has 0 aliphatic carbocycles. The first-order valence-electron chi connectivity index (χ1n) is 9.15. The van der Waals surface area contributed by atoms with Crippen LogP contribution >= 0.6 is 11.6 Å². The summed E-state index contributed by atoms with van der Waals surface area (Å²) in [6, 6.07) is 15.1. The van der Waals surface area contributed by atoms with Crippen LogP contribution in [0.25, 0.3) is 0 Å². The zero-order chi connectivity index (χ0) is 21.1. The number of hydrogen-bond acceptors (Lipinski definition) is 5. The standard InChI is InChI=1S/C22H24ClN3O3/c1-28-20-8-7-16(13-21(20)29-2)9-12-26-22(27)18(14-24)15-25-11-10-17-5-3-4-6-19(17)23/h3-8,13,15,25H,9-12H2,1-2H3,(H,26,27)/b18-15-. The minimum Gasteiger partial charge on any atom is -0.493 e. The predicted molar refractivity (Wildman–Crippen MR) is 113 cm³/mol. The molecule has 1 amide bonds. The lowest BCUT2D eigenvalue weighted by Crippen LogP contribution is -2.28. The van der Waals surface area contributed by atoms with Crippen LogP contribution in [0, 0.1) is 11.3 Å². The number of methoxy groups -OCH3 is 2. The number of benzene rings is 2. The van der Waals surface area contributed by atoms with Gasteiger partial charge in [-0.25, -0.2) is 0 Å². The van der Waals surface area contributed by atoms with E-state index in [2.05, 4.69) is 10.6 Å². The van der Waals surface area contributed by atoms with Gasteiger partial charge in [-0.3, -0.25) is 4.79 Å². The van der Waals surface area contributed by atoms with Crippen LogP contribution in [0.4, 0.5) is 0 Å². The van der Waals surface area contributed by atoms with Crippen molar-refractivity contribution in [2.45, 2.75) is 12.8 Å². The van der Waals surface area contributed by atoms with Crippen LogP contribution in [0.5, 0.6) is 11.5 Å². The molecular weight excluding hydrogens is 390 g/mol. The topological polar surface area (TPSA) is 83.4 Å². The molecule has 0 bridgehead atoms. The van der Waals surface area contributed by atoms with Crippen LogP contribution in [0.1, 0.15) is 11.1 Å². The minimum absolute atomic E-state index is 0.0245. The van der Waals surface area contributed by atoms with Gasteiger partial charge in [0.2, 0.25) is 0 Å². The zero-order valence-corrected chi connectivity index (χ0v) is 17.3. The summed E-state index contributed by atoms with van der Waals surface area (Å²) in [6.07, 6.45) is 2.73. The fourth-order valence-corrected chi connectivity index (χ4v) is 2.91. The fraction of sp³-hybridized carbons (Fsp3) is 0.273. The number of nitrogens with one attached hydrogen (secondary N) is 2. The Bertz CT molecular complexity index is 906. The molecule has 7 heteroatoms. The van der Waals surface area contributed by atoms with E-state index in [9.17, 15) is 10.1 Å². The molecule has 6 nitrogen and oxygen atoms in total. The first kappa shape index (κ1) is 22.1. The molecular formula is C22H24ClN3O3. The van der Waals surface area contributed by atoms with Crippen LogP contribution < -0.4 is 20.1 Å². The van der Waals surface area contributed by atoms with Gasteiger partial charge in [-0.15, -0.1) is 0 Å². The number of nitrogens with zero attached hydrogens (tertiary/aromatic N) is 1. The fourth-order valence-electron chi connectivity index (χ4n) is 2.68. The van der Waals surface area contributed by atoms with Crippen LogP contribution in [0.15, 0.2) is 54.2 Å². The van der Waals surface area contributed by atoms with Crippen LogP contribution in [0.2, 0.25) is 5.02 Å². The molecule has 2 aromatic carbocycles. The number of ether oxygens (including phenoxy) is 2. The van der Waals surface area contributed by atoms with Crippen molar-refractivity contribution >= 4 is 17.5 Å². The third-order valence-corrected chi connectivity index (χ3v) is 4.62. The Morgan fingerprint density at radius 2 is 1.86 bits per heavy atom. The largest absolute Gasteiger partial charge is 0.493 e. The van der Waals surface area contributed by atoms with Crippen molar-refractivity contribution in [2.24, 2.45) is 0 Å². The van der Waals surface area contributed by atoms with Crippen molar-refractivity contribution in [3.63, 3.8) is 0 Å². The Labute approximate surface area is 176 Å². The van der Waals surface area contributed by atoms with Crippen molar-refractivity contribution in [3.8, 4) is 17.6 Å². The van der Waals surface area contributed by atoms with E-state index in [1.807, 2.05) is 48.5 Å². The molecule has 0 fully saturated rings. The molecule has 0 unspecified atom stereocenters. The van der Waals surface area contributed by atoms with E-state index < -0.39 is 5.91 Å². The summed E-state index contributed by atoms with van der Waals surface area (Å²) in [5.41, 5.74) is 2.02. The molecule has 2 N–H and O–H groups in total. The molecule has 2 aromatic rings. The SMILES string of the molecule is COc1ccc(CCNC(=O)/C(C#N)=C\NCCc2ccccc2Cl)cc1OC. The van der Waals surface area contributed by atoms with Crippen molar-refractivity contribution in [1.29, 1.82) is 5.26 Å². The Kier molecular flexibility index (Phi) is 8.87. The number of carbonyl (C=O) groups excluding carboxylic acids is 1. The maximum absolute atomic E-state index is 12.2. The highest BCUT2D eigenvalue weighted by molar-refractivity contribution is 6.31. The van der Waals surface area contributed by atoms with Gasteiger partial charge in [0.05, 0.1) is 14.2 Å². The van der Waals surface area contributed by atoms with E-state index in [1.165, 1.54) is 6.20 Å². The highest BCUT2D eigenvalue weighted by Crippen LogP contribution is 2.27. The van der Waals surface area contributed by atoms with E-state index >= 15 is 0 Å². The van der Waals surface area contributed by atoms with Gasteiger partial charge >= 0.3 is 0 Å². The second-order valence-electron chi connectivity index (χ2n) is 6.16. The predicted octanol–water partition coefficient (Wildman–Crippen LogP) is 3.26. The van der Waals surface area contributed by atoms with Gasteiger partial charge < -0.3 is 20.1 Å². The molecule has 152 valence electrons. The maximum Gasteiger partial charge on any atom is 0.263 e. The third kappa shape index (κ3) is 6.74. The highest BCUT2D eigenvalue weighted by atomic mass is 35.5. The van der Waals surface area contributed by atoms with Gasteiger partial charge in [-0.05, 0) is 42.2 Å². The van der Waals surface area contributed by atoms with Crippen LogP contribution in [0.3, 0.4) is 0 Å². The van der Waals surface area contributed by atoms with Gasteiger partial charge in [0.25, 0.3) is 5.91 Å². The Morgan fingerprint density at radius 3 is 2.55 bits per heavy atom. The molecule has 0 aromatic heterocycles. The van der Waals surface area contributed by atoms with Gasteiger partial charge in [0.15, 0.2) is 11.5 Å². The summed E-state index contributed by atoms with van der Waals surface area (Å²) in [4.78, 5) is 12.2. The molecule has 0 aliphatic rings. The van der Waals surface area contributed by atoms with E-state index in [0.717, 1.165) is 11.1 Å². The smallest absolute Gasteiger partial charge is 0.263 e. The van der Waals surface area contributed by atoms with E-state index in [1.54, 1.807) is 14.2 Å². The van der Waals surface area contributed by atoms with Gasteiger partial charge in [-0.1, -0.05) is 35.9 Å². The second-order valence-corrected chi connectivity index (χ2v) is 6.57. The molecule has 0 spiro atoms. The summed E-state index contributed by atoms with van der Waals surface area (Å²) in [5, 5.41) is 15.7. The summed E-state index contributed by atoms with van der Waals surface area (Å²) in [7, 11) is 3.15. The quantitative estimate of drug-likeness (QED) is 0.355. The van der Waals surface area contributed by atoms with Crippen molar-refractivity contribution in [1.82, 2.24) is 10.6 Å². The number of amides is 1. The Morgan fingerprint density at radius 1 is 1.10 bits per heavy atom. The number of hydrogen-bond donors (Lipinski definition) is 2. The molecule has 2 rings (SSSR count). The third-order valence-electron chi connectivity index (χ3n) is 4.26. The van der Waals surface area contributed by atoms with Crippen LogP contribution in [-0.2, 0) is 17.6 Å². The van der Waals surface area contributed by atoms with Gasteiger partial charge in [0, 0.05) is 24.3 Å². The summed E-state index contributed by atoms with van der Waals surface area (Å²) in [5.74, 6) is 0.868. The van der Waals surface area contributed by atoms with E-state index in [4.69, 9.17) is 21.1 Å². The Hall–Kier alpha value is -3.17. The van der Waals surface area contributed by atoms with Gasteiger partial charge in [-0.2, -0.15) is 5.26 Å². The first-order chi connectivity index (χ1) is 14.1. The maximum atomic E-state index is 12.2. The average molecular weight is 414 g/mol. The van der Waals surface area contributed by atoms with Crippen molar-refractivity contribution in [3.05, 3.63) is 70.4 Å². The summed E-state index contributed by atoms with van der Waals surface area (Å²) in [6.45, 7) is 0.959. The molecule has 0 radical (unpaired) electrons. The lowest BCUT2D eigenvalue weighted by Gasteiger charge is -2.10. The molecule has 0 aliphatic heterocycles. The minimum atomic E-state index is -0.418. The second kappa shape index (κ2) is 11.6. The summed E-state index contributed by atoms with van der Waals surface area (Å²) < 4.78 is 10.5. The Balaban J connectivity index is 1.81. The number of carbonyl (C=O) groups is 1. The molecule has 0 saturated carbocycles. The van der Waals surface area contributed by atoms with Crippen molar-refractivity contribution < 1.29 is 14.3 Å². The summed E-state index contributed by atoms with van der Waals surface area (Å²) >= 11 is 6.11. The van der Waals surface area contributed by atoms with E-state index in [-0.39, 0.29) is 5.57 Å². The normalized spacial score (nSPS) is 10.8. The lowest BCUT2D eigenvalue weighted by molar-refractivity contribution is -0.117. The van der Waals surface area contributed by atoms with E-state index in [0.29, 0.717) is 42.5 Å². The lowest BCUT2D eigenvalue weighted by atomic mass is 10.1. The molecule has 0 heterocycles. The average Bonchev–Trinajstić information content (AvgIpc) is 2.74. The molecule has 0 saturated heterocycles. The monoisotopic (exact) mass is 413 g/mol. The highest BCUT2D eigenvalue weighted by Gasteiger charge is 2.09.